The predicted octanol–water partition coefficient (Wildman–Crippen LogP) is 2.32. The van der Waals surface area contributed by atoms with Crippen molar-refractivity contribution in [2.45, 2.75) is 31.0 Å². The number of halogens is 3. The summed E-state index contributed by atoms with van der Waals surface area (Å²) in [6.45, 7) is -4.92. The molecule has 0 radical (unpaired) electrons. The molecular formula is C7H11BF3O2-. The number of carbonyl (C=O) groups is 1. The summed E-state index contributed by atoms with van der Waals surface area (Å²) < 4.78 is 41.8. The third-order valence-electron chi connectivity index (χ3n) is 2.77. The molecular weight excluding hydrogens is 184 g/mol. The first-order valence-corrected chi connectivity index (χ1v) is 4.17. The van der Waals surface area contributed by atoms with Gasteiger partial charge in [-0.05, 0) is 0 Å². The van der Waals surface area contributed by atoms with Crippen molar-refractivity contribution in [3.63, 3.8) is 0 Å². The molecule has 0 aromatic carbocycles. The number of hydrogen-bond donors (Lipinski definition) is 0. The van der Waals surface area contributed by atoms with Crippen LogP contribution in [0.25, 0.3) is 0 Å². The lowest BCUT2D eigenvalue weighted by molar-refractivity contribution is -0.142. The summed E-state index contributed by atoms with van der Waals surface area (Å²) in [6.07, 6.45) is 0.197. The molecule has 1 aliphatic rings. The van der Waals surface area contributed by atoms with Crippen LogP contribution in [0.3, 0.4) is 0 Å². The van der Waals surface area contributed by atoms with E-state index in [-0.39, 0.29) is 12.8 Å². The van der Waals surface area contributed by atoms with Crippen molar-refractivity contribution in [3.8, 4) is 0 Å². The maximum absolute atomic E-state index is 12.5. The van der Waals surface area contributed by atoms with E-state index < -0.39 is 24.7 Å². The quantitative estimate of drug-likeness (QED) is 0.510. The van der Waals surface area contributed by atoms with E-state index in [4.69, 9.17) is 0 Å². The van der Waals surface area contributed by atoms with Gasteiger partial charge < -0.3 is 17.7 Å². The Labute approximate surface area is 74.5 Å². The van der Waals surface area contributed by atoms with Crippen molar-refractivity contribution in [1.29, 1.82) is 0 Å². The summed E-state index contributed by atoms with van der Waals surface area (Å²) in [5.74, 6) is -0.765. The maximum Gasteiger partial charge on any atom is 0.484 e. The van der Waals surface area contributed by atoms with Gasteiger partial charge in [0.25, 0.3) is 0 Å². The summed E-state index contributed by atoms with van der Waals surface area (Å²) in [4.78, 5) is 10.8. The second-order valence-corrected chi connectivity index (χ2v) is 3.54. The molecule has 2 nitrogen and oxygen atoms in total. The molecule has 0 unspecified atom stereocenters. The van der Waals surface area contributed by atoms with Crippen LogP contribution in [0.15, 0.2) is 0 Å². The molecule has 0 spiro atoms. The lowest BCUT2D eigenvalue weighted by atomic mass is 9.46. The fourth-order valence-corrected chi connectivity index (χ4v) is 1.61. The Kier molecular flexibility index (Phi) is 2.59. The number of carbonyl (C=O) groups excluding carboxylic acids is 1. The largest absolute Gasteiger partial charge is 0.484 e. The van der Waals surface area contributed by atoms with Crippen LogP contribution in [0.2, 0.25) is 5.31 Å². The van der Waals surface area contributed by atoms with E-state index in [1.165, 1.54) is 0 Å². The lowest BCUT2D eigenvalue weighted by Gasteiger charge is -2.48. The molecule has 0 amide bonds. The molecule has 6 heteroatoms. The SMILES string of the molecule is COC(=O)CC1([B-](F)(F)F)CCC1. The van der Waals surface area contributed by atoms with Crippen molar-refractivity contribution >= 4 is 12.9 Å². The van der Waals surface area contributed by atoms with Crippen LogP contribution in [-0.4, -0.2) is 20.1 Å². The number of ether oxygens (including phenoxy) is 1. The molecule has 0 aromatic heterocycles. The topological polar surface area (TPSA) is 26.3 Å². The second kappa shape index (κ2) is 3.23. The third kappa shape index (κ3) is 1.81. The minimum absolute atomic E-state index is 0.0750. The average molecular weight is 195 g/mol. The summed E-state index contributed by atoms with van der Waals surface area (Å²) in [7, 11) is 1.11. The monoisotopic (exact) mass is 195 g/mol. The van der Waals surface area contributed by atoms with Crippen molar-refractivity contribution in [3.05, 3.63) is 0 Å². The number of methoxy groups -OCH3 is 1. The van der Waals surface area contributed by atoms with E-state index in [0.717, 1.165) is 7.11 Å². The first-order valence-electron chi connectivity index (χ1n) is 4.17. The van der Waals surface area contributed by atoms with Crippen molar-refractivity contribution in [2.24, 2.45) is 0 Å². The van der Waals surface area contributed by atoms with Gasteiger partial charge in [-0.25, -0.2) is 0 Å². The van der Waals surface area contributed by atoms with E-state index in [0.29, 0.717) is 6.42 Å². The van der Waals surface area contributed by atoms with Crippen molar-refractivity contribution in [2.75, 3.05) is 7.11 Å². The van der Waals surface area contributed by atoms with Crippen LogP contribution < -0.4 is 0 Å². The molecule has 0 aromatic rings. The molecule has 13 heavy (non-hydrogen) atoms. The Balaban J connectivity index is 2.66. The number of esters is 1. The van der Waals surface area contributed by atoms with Crippen LogP contribution in [0.4, 0.5) is 12.9 Å². The van der Waals surface area contributed by atoms with Crippen molar-refractivity contribution < 1.29 is 22.5 Å². The van der Waals surface area contributed by atoms with Gasteiger partial charge in [-0.2, -0.15) is 0 Å². The number of rotatable bonds is 3. The molecule has 0 saturated heterocycles. The van der Waals surface area contributed by atoms with Gasteiger partial charge in [0.1, 0.15) is 0 Å². The van der Waals surface area contributed by atoms with E-state index >= 15 is 0 Å². The molecule has 0 N–H and O–H groups in total. The minimum Gasteiger partial charge on any atom is -0.469 e. The molecule has 0 bridgehead atoms. The normalized spacial score (nSPS) is 20.6. The summed E-state index contributed by atoms with van der Waals surface area (Å²) in [6, 6.07) is 0. The molecule has 1 saturated carbocycles. The van der Waals surface area contributed by atoms with Crippen LogP contribution in [0.5, 0.6) is 0 Å². The molecule has 0 heterocycles. The van der Waals surface area contributed by atoms with Crippen molar-refractivity contribution in [1.82, 2.24) is 0 Å². The average Bonchev–Trinajstić information content (AvgIpc) is 1.93. The standard InChI is InChI=1S/C7H11BF3O2/c1-13-6(12)5-7(3-2-4-7)8(9,10)11/h2-5H2,1H3/q-1. The van der Waals surface area contributed by atoms with Gasteiger partial charge in [0, 0.05) is 6.42 Å². The van der Waals surface area contributed by atoms with Gasteiger partial charge in [0.15, 0.2) is 0 Å². The Hall–Kier alpha value is -0.675. The molecule has 1 aliphatic carbocycles. The smallest absolute Gasteiger partial charge is 0.469 e. The highest BCUT2D eigenvalue weighted by molar-refractivity contribution is 6.62. The Morgan fingerprint density at radius 2 is 2.00 bits per heavy atom. The third-order valence-corrected chi connectivity index (χ3v) is 2.77. The van der Waals surface area contributed by atoms with Crippen LogP contribution in [-0.2, 0) is 9.53 Å². The van der Waals surface area contributed by atoms with Gasteiger partial charge in [0.2, 0.25) is 0 Å². The molecule has 0 aliphatic heterocycles. The zero-order valence-corrected chi connectivity index (χ0v) is 7.36. The van der Waals surface area contributed by atoms with Gasteiger partial charge >= 0.3 is 12.9 Å². The molecule has 0 atom stereocenters. The fraction of sp³-hybridized carbons (Fsp3) is 0.857. The van der Waals surface area contributed by atoms with Gasteiger partial charge in [-0.3, -0.25) is 4.79 Å². The Morgan fingerprint density at radius 3 is 2.23 bits per heavy atom. The second-order valence-electron chi connectivity index (χ2n) is 3.54. The zero-order chi connectivity index (χ0) is 10.1. The highest BCUT2D eigenvalue weighted by atomic mass is 19.4. The van der Waals surface area contributed by atoms with Gasteiger partial charge in [0.05, 0.1) is 7.11 Å². The van der Waals surface area contributed by atoms with Crippen LogP contribution >= 0.6 is 0 Å². The highest BCUT2D eigenvalue weighted by Crippen LogP contribution is 2.59. The first-order chi connectivity index (χ1) is 5.91. The fourth-order valence-electron chi connectivity index (χ4n) is 1.61. The van der Waals surface area contributed by atoms with Crippen LogP contribution in [0, 0.1) is 0 Å². The Morgan fingerprint density at radius 1 is 1.46 bits per heavy atom. The minimum atomic E-state index is -4.92. The van der Waals surface area contributed by atoms with E-state index in [1.54, 1.807) is 0 Å². The summed E-state index contributed by atoms with van der Waals surface area (Å²) >= 11 is 0. The first kappa shape index (κ1) is 10.4. The van der Waals surface area contributed by atoms with E-state index in [2.05, 4.69) is 4.74 Å². The highest BCUT2D eigenvalue weighted by Gasteiger charge is 2.54. The number of hydrogen-bond acceptors (Lipinski definition) is 2. The predicted molar refractivity (Wildman–Crippen MR) is 42.3 cm³/mol. The summed E-state index contributed by atoms with van der Waals surface area (Å²) in [5.41, 5.74) is 0. The molecule has 76 valence electrons. The van der Waals surface area contributed by atoms with Gasteiger partial charge in [-0.15, -0.1) is 0 Å². The van der Waals surface area contributed by atoms with E-state index in [9.17, 15) is 17.7 Å². The zero-order valence-electron chi connectivity index (χ0n) is 7.36. The van der Waals surface area contributed by atoms with Crippen LogP contribution in [0.1, 0.15) is 25.7 Å². The molecule has 1 fully saturated rings. The Bertz CT molecular complexity index is 210. The van der Waals surface area contributed by atoms with Gasteiger partial charge in [-0.1, -0.05) is 24.6 Å². The maximum atomic E-state index is 12.5. The summed E-state index contributed by atoms with van der Waals surface area (Å²) in [5, 5.41) is -1.73. The molecule has 1 rings (SSSR count). The lowest BCUT2D eigenvalue weighted by Crippen LogP contribution is -2.43. The van der Waals surface area contributed by atoms with E-state index in [1.807, 2.05) is 0 Å².